The molecule has 16 heavy (non-hydrogen) atoms. The molecule has 4 heteroatoms. The van der Waals surface area contributed by atoms with E-state index in [-0.39, 0.29) is 0 Å². The van der Waals surface area contributed by atoms with Crippen molar-refractivity contribution in [3.05, 3.63) is 36.3 Å². The first-order valence-electron chi connectivity index (χ1n) is 5.06. The summed E-state index contributed by atoms with van der Waals surface area (Å²) in [5, 5.41) is 1.12. The number of benzene rings is 1. The quantitative estimate of drug-likeness (QED) is 0.603. The molecule has 0 radical (unpaired) electrons. The van der Waals surface area contributed by atoms with E-state index in [1.807, 2.05) is 29.8 Å². The summed E-state index contributed by atoms with van der Waals surface area (Å²) in [6, 6.07) is 8.06. The van der Waals surface area contributed by atoms with Crippen LogP contribution in [0.15, 0.2) is 30.5 Å². The fraction of sp³-hybridized carbons (Fsp3) is 0.167. The van der Waals surface area contributed by atoms with Crippen LogP contribution in [-0.2, 0) is 12.9 Å². The minimum absolute atomic E-state index is 0.416. The van der Waals surface area contributed by atoms with Crippen LogP contribution >= 0.6 is 11.6 Å². The number of pyridine rings is 1. The van der Waals surface area contributed by atoms with Crippen LogP contribution in [0, 0.1) is 0 Å². The Hall–Kier alpha value is -1.61. The van der Waals surface area contributed by atoms with Crippen molar-refractivity contribution in [2.45, 2.75) is 5.88 Å². The third kappa shape index (κ3) is 1.21. The number of fused-ring (bicyclic) bond motifs is 3. The minimum Gasteiger partial charge on any atom is -0.330 e. The maximum absolute atomic E-state index is 5.85. The molecule has 0 bridgehead atoms. The number of halogens is 1. The normalized spacial score (nSPS) is 11.4. The molecule has 80 valence electrons. The lowest BCUT2D eigenvalue weighted by molar-refractivity contribution is 0.876. The number of imidazole rings is 1. The number of hydrogen-bond donors (Lipinski definition) is 0. The summed E-state index contributed by atoms with van der Waals surface area (Å²) < 4.78 is 2.03. The standard InChI is InChI=1S/C12H10ClN3/c1-16-11(6-13)15-10-7-14-9-5-3-2-4-8(9)12(10)16/h2-5,7H,6H2,1H3. The summed E-state index contributed by atoms with van der Waals surface area (Å²) in [6.07, 6.45) is 1.80. The summed E-state index contributed by atoms with van der Waals surface area (Å²) in [6.45, 7) is 0. The van der Waals surface area contributed by atoms with E-state index in [4.69, 9.17) is 11.6 Å². The molecule has 0 amide bonds. The van der Waals surface area contributed by atoms with Crippen LogP contribution in [-0.4, -0.2) is 14.5 Å². The highest BCUT2D eigenvalue weighted by Crippen LogP contribution is 2.23. The highest BCUT2D eigenvalue weighted by molar-refractivity contribution is 6.17. The van der Waals surface area contributed by atoms with Gasteiger partial charge in [0.25, 0.3) is 0 Å². The summed E-state index contributed by atoms with van der Waals surface area (Å²) in [7, 11) is 1.99. The van der Waals surface area contributed by atoms with E-state index >= 15 is 0 Å². The van der Waals surface area contributed by atoms with Crippen molar-refractivity contribution in [3.63, 3.8) is 0 Å². The van der Waals surface area contributed by atoms with Gasteiger partial charge in [-0.3, -0.25) is 4.98 Å². The van der Waals surface area contributed by atoms with Gasteiger partial charge >= 0.3 is 0 Å². The number of rotatable bonds is 1. The first-order chi connectivity index (χ1) is 7.81. The summed E-state index contributed by atoms with van der Waals surface area (Å²) in [5.41, 5.74) is 2.98. The Balaban J connectivity index is 2.54. The van der Waals surface area contributed by atoms with Crippen molar-refractivity contribution in [2.75, 3.05) is 0 Å². The first-order valence-corrected chi connectivity index (χ1v) is 5.59. The molecule has 0 spiro atoms. The molecule has 0 saturated heterocycles. The molecular formula is C12H10ClN3. The highest BCUT2D eigenvalue weighted by Gasteiger charge is 2.10. The number of aryl methyl sites for hydroxylation is 1. The van der Waals surface area contributed by atoms with Gasteiger partial charge in [0.05, 0.1) is 23.1 Å². The van der Waals surface area contributed by atoms with Crippen molar-refractivity contribution in [3.8, 4) is 0 Å². The van der Waals surface area contributed by atoms with Gasteiger partial charge in [0.1, 0.15) is 11.3 Å². The van der Waals surface area contributed by atoms with Gasteiger partial charge in [-0.1, -0.05) is 18.2 Å². The Kier molecular flexibility index (Phi) is 2.07. The lowest BCUT2D eigenvalue weighted by Gasteiger charge is -2.01. The molecule has 3 aromatic rings. The van der Waals surface area contributed by atoms with E-state index in [1.165, 1.54) is 0 Å². The molecule has 0 unspecified atom stereocenters. The SMILES string of the molecule is Cn1c(CCl)nc2cnc3ccccc3c21. The fourth-order valence-corrected chi connectivity index (χ4v) is 2.25. The minimum atomic E-state index is 0.416. The molecule has 0 N–H and O–H groups in total. The Morgan fingerprint density at radius 3 is 2.88 bits per heavy atom. The molecule has 0 saturated carbocycles. The van der Waals surface area contributed by atoms with E-state index in [1.54, 1.807) is 6.20 Å². The zero-order valence-electron chi connectivity index (χ0n) is 8.81. The van der Waals surface area contributed by atoms with Gasteiger partial charge in [-0.2, -0.15) is 0 Å². The van der Waals surface area contributed by atoms with E-state index in [2.05, 4.69) is 16.0 Å². The van der Waals surface area contributed by atoms with Crippen LogP contribution in [0.25, 0.3) is 21.9 Å². The van der Waals surface area contributed by atoms with Crippen LogP contribution < -0.4 is 0 Å². The third-order valence-corrected chi connectivity index (χ3v) is 3.06. The molecule has 2 aromatic heterocycles. The second-order valence-corrected chi connectivity index (χ2v) is 4.00. The maximum atomic E-state index is 5.85. The molecule has 0 fully saturated rings. The van der Waals surface area contributed by atoms with E-state index in [0.29, 0.717) is 5.88 Å². The predicted molar refractivity (Wildman–Crippen MR) is 65.6 cm³/mol. The highest BCUT2D eigenvalue weighted by atomic mass is 35.5. The first kappa shape index (κ1) is 9.60. The Morgan fingerprint density at radius 2 is 2.06 bits per heavy atom. The summed E-state index contributed by atoms with van der Waals surface area (Å²) in [5.74, 6) is 1.29. The number of para-hydroxylation sites is 1. The van der Waals surface area contributed by atoms with Gasteiger partial charge < -0.3 is 4.57 Å². The van der Waals surface area contributed by atoms with Crippen LogP contribution in [0.1, 0.15) is 5.82 Å². The Morgan fingerprint density at radius 1 is 1.25 bits per heavy atom. The van der Waals surface area contributed by atoms with Crippen molar-refractivity contribution in [1.82, 2.24) is 14.5 Å². The molecule has 2 heterocycles. The lowest BCUT2D eigenvalue weighted by Crippen LogP contribution is -1.94. The number of alkyl halides is 1. The number of nitrogens with zero attached hydrogens (tertiary/aromatic N) is 3. The van der Waals surface area contributed by atoms with Gasteiger partial charge in [-0.15, -0.1) is 11.6 Å². The topological polar surface area (TPSA) is 30.7 Å². The van der Waals surface area contributed by atoms with Crippen LogP contribution in [0.2, 0.25) is 0 Å². The zero-order valence-corrected chi connectivity index (χ0v) is 9.57. The molecule has 1 aromatic carbocycles. The number of aromatic nitrogens is 3. The Bertz CT molecular complexity index is 672. The van der Waals surface area contributed by atoms with Crippen LogP contribution in [0.5, 0.6) is 0 Å². The van der Waals surface area contributed by atoms with Crippen molar-refractivity contribution < 1.29 is 0 Å². The van der Waals surface area contributed by atoms with Gasteiger partial charge in [-0.25, -0.2) is 4.98 Å². The van der Waals surface area contributed by atoms with E-state index in [9.17, 15) is 0 Å². The molecular weight excluding hydrogens is 222 g/mol. The van der Waals surface area contributed by atoms with Gasteiger partial charge in [0, 0.05) is 12.4 Å². The molecule has 3 rings (SSSR count). The second-order valence-electron chi connectivity index (χ2n) is 3.73. The van der Waals surface area contributed by atoms with Gasteiger partial charge in [0.2, 0.25) is 0 Å². The average molecular weight is 232 g/mol. The smallest absolute Gasteiger partial charge is 0.124 e. The van der Waals surface area contributed by atoms with Crippen molar-refractivity contribution >= 4 is 33.5 Å². The molecule has 0 aliphatic heterocycles. The van der Waals surface area contributed by atoms with Gasteiger partial charge in [0.15, 0.2) is 0 Å². The van der Waals surface area contributed by atoms with E-state index in [0.717, 1.165) is 27.8 Å². The predicted octanol–water partition coefficient (Wildman–Crippen LogP) is 2.86. The monoisotopic (exact) mass is 231 g/mol. The van der Waals surface area contributed by atoms with Crippen LogP contribution in [0.3, 0.4) is 0 Å². The largest absolute Gasteiger partial charge is 0.330 e. The van der Waals surface area contributed by atoms with Crippen LogP contribution in [0.4, 0.5) is 0 Å². The average Bonchev–Trinajstić information content (AvgIpc) is 2.66. The molecule has 3 nitrogen and oxygen atoms in total. The Labute approximate surface area is 97.7 Å². The van der Waals surface area contributed by atoms with Gasteiger partial charge in [-0.05, 0) is 6.07 Å². The molecule has 0 aliphatic carbocycles. The third-order valence-electron chi connectivity index (χ3n) is 2.82. The second kappa shape index (κ2) is 3.46. The molecule has 0 atom stereocenters. The van der Waals surface area contributed by atoms with Crippen molar-refractivity contribution in [2.24, 2.45) is 7.05 Å². The fourth-order valence-electron chi connectivity index (χ4n) is 2.01. The van der Waals surface area contributed by atoms with E-state index < -0.39 is 0 Å². The summed E-state index contributed by atoms with van der Waals surface area (Å²) in [4.78, 5) is 8.83. The maximum Gasteiger partial charge on any atom is 0.124 e. The molecule has 0 aliphatic rings. The lowest BCUT2D eigenvalue weighted by atomic mass is 10.2. The zero-order chi connectivity index (χ0) is 11.1. The number of hydrogen-bond acceptors (Lipinski definition) is 2. The van der Waals surface area contributed by atoms with Crippen molar-refractivity contribution in [1.29, 1.82) is 0 Å². The summed E-state index contributed by atoms with van der Waals surface area (Å²) >= 11 is 5.85.